The van der Waals surface area contributed by atoms with Gasteiger partial charge < -0.3 is 15.1 Å². The van der Waals surface area contributed by atoms with E-state index in [0.29, 0.717) is 11.5 Å². The number of likely N-dealkylation sites (tertiary alicyclic amines) is 1. The number of carboxylic acids is 1. The number of piperidine rings is 1. The van der Waals surface area contributed by atoms with Gasteiger partial charge in [-0.1, -0.05) is 6.92 Å². The summed E-state index contributed by atoms with van der Waals surface area (Å²) in [4.78, 5) is 24.5. The first-order valence-corrected chi connectivity index (χ1v) is 6.91. The Morgan fingerprint density at radius 2 is 2.26 bits per heavy atom. The zero-order valence-electron chi connectivity index (χ0n) is 10.5. The van der Waals surface area contributed by atoms with Crippen LogP contribution in [0.2, 0.25) is 0 Å². The van der Waals surface area contributed by atoms with E-state index in [0.717, 1.165) is 6.42 Å². The molecule has 0 bridgehead atoms. The second-order valence-corrected chi connectivity index (χ2v) is 5.59. The highest BCUT2D eigenvalue weighted by Gasteiger charge is 2.28. The number of hydrogen-bond acceptors (Lipinski definition) is 4. The minimum atomic E-state index is -1.07. The van der Waals surface area contributed by atoms with E-state index in [2.05, 4.69) is 5.32 Å². The molecule has 0 aliphatic carbocycles. The first-order valence-electron chi connectivity index (χ1n) is 6.04. The normalized spacial score (nSPS) is 23.2. The summed E-state index contributed by atoms with van der Waals surface area (Å²) in [6.07, 6.45) is 0.215. The van der Waals surface area contributed by atoms with Gasteiger partial charge in [0.2, 0.25) is 0 Å². The van der Waals surface area contributed by atoms with Gasteiger partial charge in [-0.3, -0.25) is 5.32 Å². The van der Waals surface area contributed by atoms with Crippen molar-refractivity contribution in [3.8, 4) is 0 Å². The first kappa shape index (κ1) is 13.8. The minimum absolute atomic E-state index is 0.0873. The fourth-order valence-corrected chi connectivity index (χ4v) is 2.75. The van der Waals surface area contributed by atoms with E-state index in [-0.39, 0.29) is 24.1 Å². The van der Waals surface area contributed by atoms with Gasteiger partial charge in [0.25, 0.3) is 0 Å². The lowest BCUT2D eigenvalue weighted by Gasteiger charge is -2.34. The van der Waals surface area contributed by atoms with E-state index in [1.807, 2.05) is 6.92 Å². The maximum absolute atomic E-state index is 12.0. The highest BCUT2D eigenvalue weighted by Crippen LogP contribution is 2.24. The molecular weight excluding hydrogens is 268 g/mol. The van der Waals surface area contributed by atoms with Crippen molar-refractivity contribution in [2.45, 2.75) is 19.4 Å². The molecule has 2 rings (SSSR count). The number of nitrogens with zero attached hydrogens (tertiary/aromatic N) is 1. The molecule has 0 radical (unpaired) electrons. The first-order chi connectivity index (χ1) is 8.99. The van der Waals surface area contributed by atoms with Gasteiger partial charge in [0.1, 0.15) is 5.00 Å². The molecule has 1 aliphatic rings. The van der Waals surface area contributed by atoms with Crippen molar-refractivity contribution < 1.29 is 19.8 Å². The van der Waals surface area contributed by atoms with Crippen LogP contribution in [0.3, 0.4) is 0 Å². The summed E-state index contributed by atoms with van der Waals surface area (Å²) < 4.78 is 0. The smallest absolute Gasteiger partial charge is 0.338 e. The van der Waals surface area contributed by atoms with Crippen LogP contribution >= 0.6 is 11.3 Å². The van der Waals surface area contributed by atoms with Crippen LogP contribution in [0.25, 0.3) is 0 Å². The Bertz CT molecular complexity index is 488. The molecule has 2 unspecified atom stereocenters. The number of thiophene rings is 1. The summed E-state index contributed by atoms with van der Waals surface area (Å²) in [5, 5.41) is 23.2. The van der Waals surface area contributed by atoms with E-state index in [1.165, 1.54) is 22.3 Å². The molecule has 19 heavy (non-hydrogen) atoms. The topological polar surface area (TPSA) is 89.9 Å². The Kier molecular flexibility index (Phi) is 4.06. The largest absolute Gasteiger partial charge is 0.478 e. The molecule has 1 aliphatic heterocycles. The molecular formula is C12H16N2O4S. The van der Waals surface area contributed by atoms with Gasteiger partial charge in [0.05, 0.1) is 11.7 Å². The molecule has 0 aromatic carbocycles. The van der Waals surface area contributed by atoms with Crippen molar-refractivity contribution in [1.82, 2.24) is 4.90 Å². The van der Waals surface area contributed by atoms with Crippen molar-refractivity contribution in [3.05, 3.63) is 17.0 Å². The average Bonchev–Trinajstić information content (AvgIpc) is 2.80. The van der Waals surface area contributed by atoms with Gasteiger partial charge in [-0.15, -0.1) is 11.3 Å². The van der Waals surface area contributed by atoms with Gasteiger partial charge in [-0.2, -0.15) is 0 Å². The number of carbonyl (C=O) groups excluding carboxylic acids is 1. The lowest BCUT2D eigenvalue weighted by Crippen LogP contribution is -2.47. The lowest BCUT2D eigenvalue weighted by molar-refractivity contribution is 0.0463. The number of amides is 2. The number of carboxylic acid groups (broad SMARTS) is 1. The summed E-state index contributed by atoms with van der Waals surface area (Å²) in [5.74, 6) is -0.885. The summed E-state index contributed by atoms with van der Waals surface area (Å²) in [7, 11) is 0. The van der Waals surface area contributed by atoms with Crippen LogP contribution in [0.4, 0.5) is 9.80 Å². The fourth-order valence-electron chi connectivity index (χ4n) is 1.98. The lowest BCUT2D eigenvalue weighted by atomic mass is 9.96. The van der Waals surface area contributed by atoms with E-state index >= 15 is 0 Å². The molecule has 7 heteroatoms. The number of urea groups is 1. The predicted octanol–water partition coefficient (Wildman–Crippen LogP) is 1.68. The van der Waals surface area contributed by atoms with Crippen LogP contribution in [0.15, 0.2) is 11.4 Å². The molecule has 3 N–H and O–H groups in total. The zero-order valence-corrected chi connectivity index (χ0v) is 11.3. The minimum Gasteiger partial charge on any atom is -0.478 e. The number of aliphatic hydroxyl groups excluding tert-OH is 1. The van der Waals surface area contributed by atoms with E-state index in [4.69, 9.17) is 5.11 Å². The Hall–Kier alpha value is -1.60. The third-order valence-electron chi connectivity index (χ3n) is 3.32. The third-order valence-corrected chi connectivity index (χ3v) is 4.15. The van der Waals surface area contributed by atoms with E-state index in [1.54, 1.807) is 5.38 Å². The number of anilines is 1. The monoisotopic (exact) mass is 284 g/mol. The van der Waals surface area contributed by atoms with Crippen molar-refractivity contribution in [1.29, 1.82) is 0 Å². The molecule has 6 nitrogen and oxygen atoms in total. The molecule has 1 fully saturated rings. The Morgan fingerprint density at radius 3 is 2.89 bits per heavy atom. The van der Waals surface area contributed by atoms with E-state index < -0.39 is 12.1 Å². The van der Waals surface area contributed by atoms with Crippen molar-refractivity contribution in [2.75, 3.05) is 18.4 Å². The second-order valence-electron chi connectivity index (χ2n) is 4.68. The second kappa shape index (κ2) is 5.58. The number of aromatic carboxylic acids is 1. The van der Waals surface area contributed by atoms with Gasteiger partial charge in [-0.05, 0) is 23.8 Å². The molecule has 1 saturated heterocycles. The number of rotatable bonds is 2. The molecule has 104 valence electrons. The molecule has 1 aromatic rings. The predicted molar refractivity (Wildman–Crippen MR) is 71.7 cm³/mol. The van der Waals surface area contributed by atoms with Crippen molar-refractivity contribution >= 4 is 28.3 Å². The van der Waals surface area contributed by atoms with Crippen LogP contribution in [0, 0.1) is 5.92 Å². The van der Waals surface area contributed by atoms with Crippen LogP contribution in [0.1, 0.15) is 23.7 Å². The van der Waals surface area contributed by atoms with Gasteiger partial charge in [0, 0.05) is 13.1 Å². The Labute approximate surface area is 114 Å². The number of hydrogen-bond donors (Lipinski definition) is 3. The maximum atomic E-state index is 12.0. The third kappa shape index (κ3) is 3.05. The number of carbonyl (C=O) groups is 2. The average molecular weight is 284 g/mol. The standard InChI is InChI=1S/C12H16N2O4S/c1-7-2-4-14(6-9(7)15)12(18)13-10-8(11(16)17)3-5-19-10/h3,5,7,9,15H,2,4,6H2,1H3,(H,13,18)(H,16,17). The quantitative estimate of drug-likeness (QED) is 0.770. The molecule has 1 aromatic heterocycles. The fraction of sp³-hybridized carbons (Fsp3) is 0.500. The summed E-state index contributed by atoms with van der Waals surface area (Å²) in [5.41, 5.74) is 0.0873. The molecule has 0 saturated carbocycles. The van der Waals surface area contributed by atoms with Crippen LogP contribution < -0.4 is 5.32 Å². The van der Waals surface area contributed by atoms with Crippen LogP contribution in [-0.2, 0) is 0 Å². The highest BCUT2D eigenvalue weighted by molar-refractivity contribution is 7.14. The molecule has 2 amide bonds. The number of nitrogens with one attached hydrogen (secondary N) is 1. The van der Waals surface area contributed by atoms with Gasteiger partial charge >= 0.3 is 12.0 Å². The van der Waals surface area contributed by atoms with Gasteiger partial charge in [-0.25, -0.2) is 9.59 Å². The molecule has 0 spiro atoms. The number of β-amino-alcohol motifs (C(OH)–C–C–N with tert-alkyl or cyclic N) is 1. The summed E-state index contributed by atoms with van der Waals surface area (Å²) >= 11 is 1.17. The van der Waals surface area contributed by atoms with Gasteiger partial charge in [0.15, 0.2) is 0 Å². The SMILES string of the molecule is CC1CCN(C(=O)Nc2sccc2C(=O)O)CC1O. The van der Waals surface area contributed by atoms with E-state index in [9.17, 15) is 14.7 Å². The maximum Gasteiger partial charge on any atom is 0.338 e. The molecule has 2 heterocycles. The Balaban J connectivity index is 2.01. The highest BCUT2D eigenvalue weighted by atomic mass is 32.1. The van der Waals surface area contributed by atoms with Crippen LogP contribution in [-0.4, -0.2) is 46.3 Å². The summed E-state index contributed by atoms with van der Waals surface area (Å²) in [6, 6.07) is 1.09. The number of aliphatic hydroxyl groups is 1. The Morgan fingerprint density at radius 1 is 1.53 bits per heavy atom. The molecule has 2 atom stereocenters. The summed E-state index contributed by atoms with van der Waals surface area (Å²) in [6.45, 7) is 2.79. The van der Waals surface area contributed by atoms with Crippen LogP contribution in [0.5, 0.6) is 0 Å². The zero-order chi connectivity index (χ0) is 14.0. The van der Waals surface area contributed by atoms with Crippen molar-refractivity contribution in [2.24, 2.45) is 5.92 Å². The van der Waals surface area contributed by atoms with Crippen molar-refractivity contribution in [3.63, 3.8) is 0 Å².